The van der Waals surface area contributed by atoms with E-state index in [0.717, 1.165) is 81.7 Å². The molecule has 1 saturated carbocycles. The molecule has 9 rings (SSSR count). The summed E-state index contributed by atoms with van der Waals surface area (Å²) in [6.07, 6.45) is 8.50. The Balaban J connectivity index is 1.28. The normalized spacial score (nSPS) is 25.7. The average molecular weight is 729 g/mol. The summed E-state index contributed by atoms with van der Waals surface area (Å²) >= 11 is 0. The van der Waals surface area contributed by atoms with E-state index in [2.05, 4.69) is 147 Å². The van der Waals surface area contributed by atoms with Gasteiger partial charge in [-0.1, -0.05) is 174 Å². The molecule has 0 radical (unpaired) electrons. The Labute approximate surface area is 326 Å². The molecule has 2 aliphatic heterocycles. The molecule has 1 saturated heterocycles. The van der Waals surface area contributed by atoms with Crippen LogP contribution >= 0.6 is 0 Å². The first-order valence-corrected chi connectivity index (χ1v) is 20.8. The second-order valence-electron chi connectivity index (χ2n) is 15.9. The summed E-state index contributed by atoms with van der Waals surface area (Å²) in [6.45, 7) is 5.77. The van der Waals surface area contributed by atoms with Crippen LogP contribution in [0.25, 0.3) is 11.1 Å². The van der Waals surface area contributed by atoms with Crippen LogP contribution < -0.4 is 9.47 Å². The highest BCUT2D eigenvalue weighted by Crippen LogP contribution is 2.81. The third-order valence-electron chi connectivity index (χ3n) is 12.9. The predicted octanol–water partition coefficient (Wildman–Crippen LogP) is 12.0. The summed E-state index contributed by atoms with van der Waals surface area (Å²) in [5.74, 6) is 1.57. The minimum atomic E-state index is -0.957. The Bertz CT molecular complexity index is 2010. The monoisotopic (exact) mass is 728 g/mol. The number of hydrogen-bond acceptors (Lipinski definition) is 4. The number of unbranched alkanes of at least 4 members (excludes halogenated alkanes) is 6. The highest BCUT2D eigenvalue weighted by atomic mass is 16.5. The average Bonchev–Trinajstić information content (AvgIpc) is 3.94. The van der Waals surface area contributed by atoms with Gasteiger partial charge < -0.3 is 14.2 Å². The molecule has 0 amide bonds. The number of Topliss-reactive ketones (excluding diaryl/α,β-unsaturated/α-hetero) is 1. The van der Waals surface area contributed by atoms with E-state index in [1.807, 2.05) is 0 Å². The summed E-state index contributed by atoms with van der Waals surface area (Å²) < 4.78 is 20.5. The molecule has 0 aromatic heterocycles. The van der Waals surface area contributed by atoms with Crippen LogP contribution in [0.2, 0.25) is 0 Å². The van der Waals surface area contributed by atoms with Crippen molar-refractivity contribution in [1.82, 2.24) is 0 Å². The van der Waals surface area contributed by atoms with Crippen molar-refractivity contribution in [1.29, 1.82) is 0 Å². The molecule has 6 atom stereocenters. The van der Waals surface area contributed by atoms with Gasteiger partial charge in [-0.25, -0.2) is 0 Å². The van der Waals surface area contributed by atoms with Gasteiger partial charge in [-0.3, -0.25) is 4.79 Å². The lowest BCUT2D eigenvalue weighted by Crippen LogP contribution is -2.42. The predicted molar refractivity (Wildman–Crippen MR) is 220 cm³/mol. The lowest BCUT2D eigenvalue weighted by Gasteiger charge is -2.45. The summed E-state index contributed by atoms with van der Waals surface area (Å²) in [5, 5.41) is 0. The van der Waals surface area contributed by atoms with Crippen molar-refractivity contribution >= 4 is 16.9 Å². The largest absolute Gasteiger partial charge is 0.490 e. The second-order valence-corrected chi connectivity index (χ2v) is 15.9. The van der Waals surface area contributed by atoms with Crippen LogP contribution in [0.15, 0.2) is 133 Å². The topological polar surface area (TPSA) is 44.8 Å². The van der Waals surface area contributed by atoms with Gasteiger partial charge >= 0.3 is 0 Å². The number of allylic oxidation sites excluding steroid dienone is 2. The van der Waals surface area contributed by atoms with Crippen molar-refractivity contribution in [2.24, 2.45) is 11.8 Å². The zero-order valence-electron chi connectivity index (χ0n) is 32.2. The molecular formula is C51H52O4. The zero-order chi connectivity index (χ0) is 37.4. The van der Waals surface area contributed by atoms with E-state index in [1.165, 1.54) is 25.7 Å². The van der Waals surface area contributed by atoms with E-state index >= 15 is 4.79 Å². The van der Waals surface area contributed by atoms with E-state index < -0.39 is 10.8 Å². The molecular weight excluding hydrogens is 677 g/mol. The van der Waals surface area contributed by atoms with Gasteiger partial charge in [0, 0.05) is 11.8 Å². The van der Waals surface area contributed by atoms with Crippen molar-refractivity contribution < 1.29 is 19.0 Å². The van der Waals surface area contributed by atoms with Crippen molar-refractivity contribution in [2.45, 2.75) is 88.3 Å². The van der Waals surface area contributed by atoms with E-state index in [1.54, 1.807) is 0 Å². The maximum Gasteiger partial charge on any atom is 0.163 e. The van der Waals surface area contributed by atoms with Crippen molar-refractivity contribution in [3.05, 3.63) is 167 Å². The Morgan fingerprint density at radius 2 is 0.891 bits per heavy atom. The molecule has 55 heavy (non-hydrogen) atoms. The molecule has 4 aliphatic rings. The minimum absolute atomic E-state index is 0.138. The van der Waals surface area contributed by atoms with Gasteiger partial charge in [-0.05, 0) is 69.5 Å². The molecule has 4 nitrogen and oxygen atoms in total. The van der Waals surface area contributed by atoms with Gasteiger partial charge in [-0.15, -0.1) is 0 Å². The molecule has 0 N–H and O–H groups in total. The first-order valence-electron chi connectivity index (χ1n) is 20.8. The lowest BCUT2D eigenvalue weighted by atomic mass is 9.54. The fourth-order valence-corrected chi connectivity index (χ4v) is 10.8. The number of fused-ring (bicyclic) bond motifs is 12. The number of rotatable bonds is 16. The van der Waals surface area contributed by atoms with Gasteiger partial charge in [0.2, 0.25) is 0 Å². The fourth-order valence-electron chi connectivity index (χ4n) is 10.8. The number of carbonyl (C=O) groups is 1. The Morgan fingerprint density at radius 1 is 0.509 bits per heavy atom. The molecule has 4 heteroatoms. The molecule has 2 aliphatic carbocycles. The van der Waals surface area contributed by atoms with Crippen molar-refractivity contribution in [3.8, 4) is 11.5 Å². The van der Waals surface area contributed by atoms with Gasteiger partial charge in [-0.2, -0.15) is 0 Å². The van der Waals surface area contributed by atoms with Crippen LogP contribution in [0.5, 0.6) is 11.5 Å². The highest BCUT2D eigenvalue weighted by molar-refractivity contribution is 6.30. The Hall–Kier alpha value is -4.93. The van der Waals surface area contributed by atoms with Crippen LogP contribution in [-0.4, -0.2) is 19.0 Å². The standard InChI is InChI=1S/C51H52O4/c1-3-5-7-21-31-53-41-33-39-40(34-42(41)54-32-22-8-6-4-2)48-46-45(47(39)55-48)50(37-27-17-11-18-28-37)43(35-23-13-9-14-24-35)44(36-25-15-10-16-26-36)51(46,49(50)52)38-29-19-12-20-30-38/h9-20,23-30,33-34,45-48H,3-8,21-22,31-32H2,1-2H3/t45?,46?,47-,48+,50+,51-. The first kappa shape index (κ1) is 35.8. The molecule has 4 bridgehead atoms. The molecule has 5 aromatic rings. The molecule has 2 heterocycles. The number of carbonyl (C=O) groups excluding carboxylic acids is 1. The maximum atomic E-state index is 16.5. The molecule has 5 aromatic carbocycles. The van der Waals surface area contributed by atoms with Crippen molar-refractivity contribution in [2.75, 3.05) is 13.2 Å². The summed E-state index contributed by atoms with van der Waals surface area (Å²) in [4.78, 5) is 16.5. The van der Waals surface area contributed by atoms with E-state index in [0.29, 0.717) is 13.2 Å². The van der Waals surface area contributed by atoms with E-state index in [9.17, 15) is 0 Å². The smallest absolute Gasteiger partial charge is 0.163 e. The molecule has 0 spiro atoms. The van der Waals surface area contributed by atoms with Crippen LogP contribution in [-0.2, 0) is 20.4 Å². The minimum Gasteiger partial charge on any atom is -0.490 e. The third-order valence-corrected chi connectivity index (χ3v) is 12.9. The van der Waals surface area contributed by atoms with Crippen LogP contribution in [0.3, 0.4) is 0 Å². The van der Waals surface area contributed by atoms with E-state index in [-0.39, 0.29) is 29.8 Å². The third kappa shape index (κ3) is 5.46. The highest BCUT2D eigenvalue weighted by Gasteiger charge is 2.82. The number of ketones is 1. The van der Waals surface area contributed by atoms with Gasteiger partial charge in [0.25, 0.3) is 0 Å². The summed E-state index contributed by atoms with van der Waals surface area (Å²) in [5.41, 5.74) is 6.82. The van der Waals surface area contributed by atoms with Gasteiger partial charge in [0.1, 0.15) is 0 Å². The van der Waals surface area contributed by atoms with Crippen molar-refractivity contribution in [3.63, 3.8) is 0 Å². The second kappa shape index (κ2) is 15.0. The van der Waals surface area contributed by atoms with Crippen LogP contribution in [0, 0.1) is 11.8 Å². The zero-order valence-corrected chi connectivity index (χ0v) is 32.2. The van der Waals surface area contributed by atoms with Crippen LogP contribution in [0.1, 0.15) is 111 Å². The molecule has 2 unspecified atom stereocenters. The van der Waals surface area contributed by atoms with Crippen LogP contribution in [0.4, 0.5) is 0 Å². The lowest BCUT2D eigenvalue weighted by molar-refractivity contribution is -0.125. The first-order chi connectivity index (χ1) is 27.2. The maximum absolute atomic E-state index is 16.5. The van der Waals surface area contributed by atoms with Gasteiger partial charge in [0.15, 0.2) is 17.3 Å². The Kier molecular flexibility index (Phi) is 9.72. The summed E-state index contributed by atoms with van der Waals surface area (Å²) in [6, 6.07) is 47.0. The molecule has 2 fully saturated rings. The number of benzene rings is 5. The number of ether oxygens (including phenoxy) is 3. The van der Waals surface area contributed by atoms with E-state index in [4.69, 9.17) is 14.2 Å². The fraction of sp³-hybridized carbons (Fsp3) is 0.353. The quantitative estimate of drug-likeness (QED) is 0.0949. The van der Waals surface area contributed by atoms with Gasteiger partial charge in [0.05, 0.1) is 36.3 Å². The SMILES string of the molecule is CCCCCCOc1cc2c(cc1OCCCCCC)[C@@H]1O[C@H]2C2C1[C@]1(c3ccccc3)C(=O)[C@@]2(c2ccccc2)C(c2ccccc2)=C1c1ccccc1. The molecule has 280 valence electrons. The number of hydrogen-bond donors (Lipinski definition) is 0. The Morgan fingerprint density at radius 3 is 1.27 bits per heavy atom. The summed E-state index contributed by atoms with van der Waals surface area (Å²) in [7, 11) is 0.